The number of hydrogen-bond donors (Lipinski definition) is 1. The van der Waals surface area contributed by atoms with Gasteiger partial charge in [-0.25, -0.2) is 0 Å². The van der Waals surface area contributed by atoms with E-state index in [9.17, 15) is 24.8 Å². The fraction of sp³-hybridized carbons (Fsp3) is 0.318. The van der Waals surface area contributed by atoms with E-state index in [4.69, 9.17) is 0 Å². The molecule has 1 saturated heterocycles. The Morgan fingerprint density at radius 3 is 2.39 bits per heavy atom. The Balaban J connectivity index is 2.06. The Bertz CT molecular complexity index is 1000. The van der Waals surface area contributed by atoms with Gasteiger partial charge in [0.1, 0.15) is 11.8 Å². The van der Waals surface area contributed by atoms with E-state index in [-0.39, 0.29) is 22.6 Å². The lowest BCUT2D eigenvalue weighted by Gasteiger charge is -2.27. The number of non-ortho nitro benzene ring substituents is 1. The average molecular weight is 424 g/mol. The molecule has 2 heterocycles. The third kappa shape index (κ3) is 4.46. The van der Waals surface area contributed by atoms with Crippen molar-refractivity contribution in [2.45, 2.75) is 19.9 Å². The van der Waals surface area contributed by atoms with E-state index < -0.39 is 22.7 Å². The van der Waals surface area contributed by atoms with Gasteiger partial charge >= 0.3 is 0 Å². The van der Waals surface area contributed by atoms with Crippen LogP contribution in [0.4, 0.5) is 5.69 Å². The zero-order valence-corrected chi connectivity index (χ0v) is 17.4. The van der Waals surface area contributed by atoms with Crippen LogP contribution < -0.4 is 0 Å². The van der Waals surface area contributed by atoms with Gasteiger partial charge in [0.2, 0.25) is 0 Å². The summed E-state index contributed by atoms with van der Waals surface area (Å²) in [6, 6.07) is 9.51. The van der Waals surface area contributed by atoms with Crippen LogP contribution in [0.25, 0.3) is 5.76 Å². The molecule has 0 saturated carbocycles. The normalized spacial score (nSPS) is 18.0. The first-order chi connectivity index (χ1) is 14.9. The molecule has 0 bridgehead atoms. The second-order valence-electron chi connectivity index (χ2n) is 7.08. The number of pyridine rings is 1. The van der Waals surface area contributed by atoms with Crippen molar-refractivity contribution in [3.63, 3.8) is 0 Å². The van der Waals surface area contributed by atoms with Gasteiger partial charge in [-0.15, -0.1) is 0 Å². The number of carbonyl (C=O) groups is 2. The van der Waals surface area contributed by atoms with Gasteiger partial charge in [0.15, 0.2) is 0 Å². The number of hydrogen-bond acceptors (Lipinski definition) is 7. The van der Waals surface area contributed by atoms with E-state index in [1.54, 1.807) is 24.4 Å². The molecule has 9 nitrogen and oxygen atoms in total. The number of aromatic nitrogens is 1. The fourth-order valence-electron chi connectivity index (χ4n) is 3.64. The van der Waals surface area contributed by atoms with Crippen molar-refractivity contribution in [1.29, 1.82) is 0 Å². The molecule has 1 unspecified atom stereocenters. The van der Waals surface area contributed by atoms with Crippen LogP contribution >= 0.6 is 0 Å². The van der Waals surface area contributed by atoms with Crippen LogP contribution in [0.15, 0.2) is 54.2 Å². The molecule has 1 aliphatic rings. The van der Waals surface area contributed by atoms with E-state index in [1.165, 1.54) is 29.2 Å². The van der Waals surface area contributed by atoms with Gasteiger partial charge in [-0.3, -0.25) is 24.7 Å². The van der Waals surface area contributed by atoms with E-state index in [2.05, 4.69) is 9.88 Å². The fourth-order valence-corrected chi connectivity index (χ4v) is 3.64. The maximum Gasteiger partial charge on any atom is 0.295 e. The van der Waals surface area contributed by atoms with Gasteiger partial charge in [-0.1, -0.05) is 19.9 Å². The molecule has 31 heavy (non-hydrogen) atoms. The van der Waals surface area contributed by atoms with Gasteiger partial charge in [0, 0.05) is 37.0 Å². The quantitative estimate of drug-likeness (QED) is 0.228. The average Bonchev–Trinajstić information content (AvgIpc) is 3.05. The monoisotopic (exact) mass is 424 g/mol. The summed E-state index contributed by atoms with van der Waals surface area (Å²) in [5.74, 6) is -1.88. The first-order valence-corrected chi connectivity index (χ1v) is 10.1. The highest BCUT2D eigenvalue weighted by molar-refractivity contribution is 6.46. The molecule has 1 amide bonds. The number of Topliss-reactive ketones (excluding diaryl/α,β-unsaturated/α-hetero) is 1. The molecule has 0 aliphatic carbocycles. The van der Waals surface area contributed by atoms with Crippen LogP contribution in [-0.4, -0.2) is 62.7 Å². The minimum absolute atomic E-state index is 0.0721. The molecular formula is C22H24N4O5. The van der Waals surface area contributed by atoms with Crippen molar-refractivity contribution in [2.75, 3.05) is 26.2 Å². The van der Waals surface area contributed by atoms with Crippen molar-refractivity contribution >= 4 is 23.1 Å². The van der Waals surface area contributed by atoms with Crippen LogP contribution in [-0.2, 0) is 9.59 Å². The predicted octanol–water partition coefficient (Wildman–Crippen LogP) is 2.75. The topological polar surface area (TPSA) is 117 Å². The van der Waals surface area contributed by atoms with Crippen LogP contribution in [0.1, 0.15) is 31.1 Å². The molecule has 3 rings (SSSR count). The predicted molar refractivity (Wildman–Crippen MR) is 114 cm³/mol. The van der Waals surface area contributed by atoms with Crippen molar-refractivity contribution in [3.8, 4) is 0 Å². The maximum absolute atomic E-state index is 12.9. The first kappa shape index (κ1) is 22.1. The van der Waals surface area contributed by atoms with Crippen LogP contribution in [0.2, 0.25) is 0 Å². The number of carbonyl (C=O) groups excluding carboxylic acids is 2. The summed E-state index contributed by atoms with van der Waals surface area (Å²) in [4.78, 5) is 44.0. The van der Waals surface area contributed by atoms with Gasteiger partial charge in [-0.05, 0) is 37.4 Å². The third-order valence-electron chi connectivity index (χ3n) is 5.41. The number of ketones is 1. The lowest BCUT2D eigenvalue weighted by Crippen LogP contribution is -2.38. The Morgan fingerprint density at radius 2 is 1.84 bits per heavy atom. The number of nitrogens with zero attached hydrogens (tertiary/aromatic N) is 4. The molecule has 162 valence electrons. The Kier molecular flexibility index (Phi) is 6.76. The summed E-state index contributed by atoms with van der Waals surface area (Å²) in [6.07, 6.45) is 1.56. The Labute approximate surface area is 179 Å². The number of rotatable bonds is 8. The molecule has 1 N–H and O–H groups in total. The second-order valence-corrected chi connectivity index (χ2v) is 7.08. The molecule has 1 aromatic carbocycles. The molecule has 1 aliphatic heterocycles. The third-order valence-corrected chi connectivity index (χ3v) is 5.41. The number of benzene rings is 1. The highest BCUT2D eigenvalue weighted by atomic mass is 16.6. The number of aliphatic hydroxyl groups excluding tert-OH is 1. The largest absolute Gasteiger partial charge is 0.507 e. The summed E-state index contributed by atoms with van der Waals surface area (Å²) in [6.45, 7) is 6.51. The highest BCUT2D eigenvalue weighted by Crippen LogP contribution is 2.38. The number of likely N-dealkylation sites (tertiary alicyclic amines) is 1. The van der Waals surface area contributed by atoms with Crippen LogP contribution in [0.3, 0.4) is 0 Å². The second kappa shape index (κ2) is 9.48. The molecular weight excluding hydrogens is 400 g/mol. The molecule has 1 aromatic heterocycles. The summed E-state index contributed by atoms with van der Waals surface area (Å²) < 4.78 is 0. The summed E-state index contributed by atoms with van der Waals surface area (Å²) in [5.41, 5.74) is 0.465. The molecule has 1 fully saturated rings. The summed E-state index contributed by atoms with van der Waals surface area (Å²) in [5, 5.41) is 21.8. The number of amides is 1. The maximum atomic E-state index is 12.9. The van der Waals surface area contributed by atoms with Crippen LogP contribution in [0.5, 0.6) is 0 Å². The molecule has 2 aromatic rings. The minimum atomic E-state index is -0.841. The minimum Gasteiger partial charge on any atom is -0.507 e. The zero-order chi connectivity index (χ0) is 22.5. The smallest absolute Gasteiger partial charge is 0.295 e. The lowest BCUT2D eigenvalue weighted by atomic mass is 9.98. The highest BCUT2D eigenvalue weighted by Gasteiger charge is 2.46. The zero-order valence-electron chi connectivity index (χ0n) is 17.4. The van der Waals surface area contributed by atoms with Crippen molar-refractivity contribution in [3.05, 3.63) is 75.6 Å². The van der Waals surface area contributed by atoms with Crippen molar-refractivity contribution < 1.29 is 19.6 Å². The van der Waals surface area contributed by atoms with Gasteiger partial charge in [0.25, 0.3) is 17.4 Å². The van der Waals surface area contributed by atoms with E-state index >= 15 is 0 Å². The van der Waals surface area contributed by atoms with E-state index in [0.717, 1.165) is 13.1 Å². The Morgan fingerprint density at radius 1 is 1.16 bits per heavy atom. The van der Waals surface area contributed by atoms with E-state index in [1.807, 2.05) is 13.8 Å². The van der Waals surface area contributed by atoms with Crippen molar-refractivity contribution in [2.24, 2.45) is 0 Å². The SMILES string of the molecule is CCN(CC)CCN1C(=O)C(=O)/C(=C(\O)c2ccc([N+](=O)[O-])cc2)C1c1ccccn1. The Hall–Kier alpha value is -3.59. The van der Waals surface area contributed by atoms with Crippen LogP contribution in [0, 0.1) is 10.1 Å². The van der Waals surface area contributed by atoms with Gasteiger partial charge < -0.3 is 14.9 Å². The number of likely N-dealkylation sites (N-methyl/N-ethyl adjacent to an activating group) is 1. The first-order valence-electron chi connectivity index (χ1n) is 10.1. The standard InChI is InChI=1S/C22H24N4O5/c1-3-24(4-2)13-14-25-19(17-7-5-6-12-23-17)18(21(28)22(25)29)20(27)15-8-10-16(11-9-15)26(30)31/h5-12,19,27H,3-4,13-14H2,1-2H3/b20-18-. The molecule has 0 radical (unpaired) electrons. The molecule has 0 spiro atoms. The molecule has 9 heteroatoms. The lowest BCUT2D eigenvalue weighted by molar-refractivity contribution is -0.384. The van der Waals surface area contributed by atoms with E-state index in [0.29, 0.717) is 18.8 Å². The van der Waals surface area contributed by atoms with Crippen molar-refractivity contribution in [1.82, 2.24) is 14.8 Å². The number of aliphatic hydroxyl groups is 1. The summed E-state index contributed by atoms with van der Waals surface area (Å²) in [7, 11) is 0. The molecule has 1 atom stereocenters. The summed E-state index contributed by atoms with van der Waals surface area (Å²) >= 11 is 0. The van der Waals surface area contributed by atoms with Gasteiger partial charge in [-0.2, -0.15) is 0 Å². The number of nitro groups is 1. The van der Waals surface area contributed by atoms with Gasteiger partial charge in [0.05, 0.1) is 16.2 Å². The number of nitro benzene ring substituents is 1.